The molecule has 0 aliphatic carbocycles. The van der Waals surface area contributed by atoms with Gasteiger partial charge in [0.25, 0.3) is 0 Å². The van der Waals surface area contributed by atoms with Crippen LogP contribution in [0.15, 0.2) is 45.3 Å². The Morgan fingerprint density at radius 1 is 1.29 bits per heavy atom. The molecule has 0 unspecified atom stereocenters. The third-order valence-electron chi connectivity index (χ3n) is 3.25. The van der Waals surface area contributed by atoms with Gasteiger partial charge in [-0.1, -0.05) is 11.8 Å². The lowest BCUT2D eigenvalue weighted by Crippen LogP contribution is -1.91. The lowest BCUT2D eigenvalue weighted by atomic mass is 10.2. The number of nitrogen functional groups attached to an aromatic ring is 1. The summed E-state index contributed by atoms with van der Waals surface area (Å²) in [6.45, 7) is 2.06. The van der Waals surface area contributed by atoms with Gasteiger partial charge >= 0.3 is 0 Å². The van der Waals surface area contributed by atoms with Crippen LogP contribution in [-0.4, -0.2) is 19.9 Å². The Morgan fingerprint density at radius 3 is 3.05 bits per heavy atom. The van der Waals surface area contributed by atoms with E-state index < -0.39 is 0 Å². The minimum absolute atomic E-state index is 0.401. The standard InChI is InChI=1S/C14H11N5OS/c1-7-4-8-2-3-20-9(8)5-10(7)21-14-18-11-12(15)16-6-17-13(11)19-14/h2-6H,1H3,(H3,15,16,17,18,19). The van der Waals surface area contributed by atoms with Gasteiger partial charge in [0, 0.05) is 10.3 Å². The Labute approximate surface area is 123 Å². The molecule has 3 N–H and O–H groups in total. The Morgan fingerprint density at radius 2 is 2.19 bits per heavy atom. The average Bonchev–Trinajstić information content (AvgIpc) is 3.06. The summed E-state index contributed by atoms with van der Waals surface area (Å²) in [6.07, 6.45) is 3.10. The van der Waals surface area contributed by atoms with Gasteiger partial charge in [-0.05, 0) is 30.7 Å². The first kappa shape index (κ1) is 12.2. The summed E-state index contributed by atoms with van der Waals surface area (Å²) >= 11 is 1.52. The number of fused-ring (bicyclic) bond motifs is 2. The highest BCUT2D eigenvalue weighted by atomic mass is 32.2. The number of hydrogen-bond acceptors (Lipinski definition) is 6. The zero-order valence-corrected chi connectivity index (χ0v) is 11.9. The summed E-state index contributed by atoms with van der Waals surface area (Å²) in [6, 6.07) is 6.06. The summed E-state index contributed by atoms with van der Waals surface area (Å²) in [7, 11) is 0. The number of nitrogens with one attached hydrogen (secondary N) is 1. The second-order valence-corrected chi connectivity index (χ2v) is 5.71. The third-order valence-corrected chi connectivity index (χ3v) is 4.30. The van der Waals surface area contributed by atoms with E-state index in [1.807, 2.05) is 12.1 Å². The van der Waals surface area contributed by atoms with Gasteiger partial charge in [-0.3, -0.25) is 0 Å². The molecular weight excluding hydrogens is 286 g/mol. The highest BCUT2D eigenvalue weighted by molar-refractivity contribution is 7.99. The zero-order valence-electron chi connectivity index (χ0n) is 11.1. The highest BCUT2D eigenvalue weighted by Gasteiger charge is 2.11. The number of H-pyrrole nitrogens is 1. The van der Waals surface area contributed by atoms with E-state index in [1.165, 1.54) is 18.1 Å². The molecule has 0 aliphatic heterocycles. The van der Waals surface area contributed by atoms with E-state index in [1.54, 1.807) is 6.26 Å². The summed E-state index contributed by atoms with van der Waals surface area (Å²) in [4.78, 5) is 16.7. The van der Waals surface area contributed by atoms with E-state index in [9.17, 15) is 0 Å². The van der Waals surface area contributed by atoms with E-state index >= 15 is 0 Å². The number of nitrogens with zero attached hydrogens (tertiary/aromatic N) is 3. The molecule has 0 aliphatic rings. The Hall–Kier alpha value is -2.54. The first-order valence-corrected chi connectivity index (χ1v) is 7.14. The Balaban J connectivity index is 1.78. The van der Waals surface area contributed by atoms with Crippen LogP contribution in [-0.2, 0) is 0 Å². The molecule has 3 aromatic heterocycles. The van der Waals surface area contributed by atoms with Crippen LogP contribution in [0.2, 0.25) is 0 Å². The number of furan rings is 1. The van der Waals surface area contributed by atoms with E-state index in [0.717, 1.165) is 26.6 Å². The van der Waals surface area contributed by atoms with Crippen LogP contribution in [0.25, 0.3) is 22.1 Å². The van der Waals surface area contributed by atoms with Crippen LogP contribution in [0.1, 0.15) is 5.56 Å². The molecule has 6 nitrogen and oxygen atoms in total. The van der Waals surface area contributed by atoms with Crippen molar-refractivity contribution in [2.24, 2.45) is 0 Å². The molecule has 0 saturated heterocycles. The van der Waals surface area contributed by atoms with Crippen molar-refractivity contribution in [3.8, 4) is 0 Å². The predicted molar refractivity (Wildman–Crippen MR) is 81.2 cm³/mol. The average molecular weight is 297 g/mol. The molecule has 0 radical (unpaired) electrons. The summed E-state index contributed by atoms with van der Waals surface area (Å²) in [5.41, 5.74) is 9.06. The monoisotopic (exact) mass is 297 g/mol. The number of hydrogen-bond donors (Lipinski definition) is 2. The number of aromatic amines is 1. The molecule has 104 valence electrons. The fourth-order valence-corrected chi connectivity index (χ4v) is 3.07. The van der Waals surface area contributed by atoms with Gasteiger partial charge in [0.05, 0.1) is 6.26 Å². The number of imidazole rings is 1. The zero-order chi connectivity index (χ0) is 14.4. The molecule has 0 atom stereocenters. The van der Waals surface area contributed by atoms with Crippen LogP contribution >= 0.6 is 11.8 Å². The van der Waals surface area contributed by atoms with Gasteiger partial charge in [-0.2, -0.15) is 0 Å². The molecule has 0 saturated carbocycles. The lowest BCUT2D eigenvalue weighted by Gasteiger charge is -2.03. The largest absolute Gasteiger partial charge is 0.464 e. The Bertz CT molecular complexity index is 958. The van der Waals surface area contributed by atoms with Crippen molar-refractivity contribution in [1.82, 2.24) is 19.9 Å². The van der Waals surface area contributed by atoms with Gasteiger partial charge < -0.3 is 15.1 Å². The van der Waals surface area contributed by atoms with Gasteiger partial charge in [0.2, 0.25) is 0 Å². The fraction of sp³-hybridized carbons (Fsp3) is 0.0714. The molecule has 4 aromatic rings. The number of nitrogens with two attached hydrogens (primary N) is 1. The van der Waals surface area contributed by atoms with Crippen molar-refractivity contribution in [3.05, 3.63) is 36.4 Å². The molecule has 0 amide bonds. The second-order valence-electron chi connectivity index (χ2n) is 4.68. The number of benzene rings is 1. The minimum atomic E-state index is 0.401. The van der Waals surface area contributed by atoms with Crippen LogP contribution < -0.4 is 5.73 Å². The summed E-state index contributed by atoms with van der Waals surface area (Å²) in [5, 5.41) is 1.82. The van der Waals surface area contributed by atoms with Crippen LogP contribution in [0.4, 0.5) is 5.82 Å². The van der Waals surface area contributed by atoms with E-state index in [-0.39, 0.29) is 0 Å². The van der Waals surface area contributed by atoms with E-state index in [2.05, 4.69) is 32.9 Å². The van der Waals surface area contributed by atoms with Crippen LogP contribution in [0, 0.1) is 6.92 Å². The maximum Gasteiger partial charge on any atom is 0.183 e. The Kier molecular flexibility index (Phi) is 2.61. The van der Waals surface area contributed by atoms with Crippen molar-refractivity contribution < 1.29 is 4.42 Å². The molecule has 1 aromatic carbocycles. The van der Waals surface area contributed by atoms with Crippen molar-refractivity contribution in [2.45, 2.75) is 17.0 Å². The van der Waals surface area contributed by atoms with Crippen LogP contribution in [0.3, 0.4) is 0 Å². The molecule has 4 rings (SSSR count). The van der Waals surface area contributed by atoms with Crippen LogP contribution in [0.5, 0.6) is 0 Å². The summed E-state index contributed by atoms with van der Waals surface area (Å²) < 4.78 is 5.44. The van der Waals surface area contributed by atoms with Gasteiger partial charge in [-0.15, -0.1) is 0 Å². The van der Waals surface area contributed by atoms with Crippen molar-refractivity contribution in [2.75, 3.05) is 5.73 Å². The maximum absolute atomic E-state index is 5.81. The van der Waals surface area contributed by atoms with E-state index in [4.69, 9.17) is 10.2 Å². The van der Waals surface area contributed by atoms with Gasteiger partial charge in [0.1, 0.15) is 17.4 Å². The topological polar surface area (TPSA) is 93.6 Å². The summed E-state index contributed by atoms with van der Waals surface area (Å²) in [5.74, 6) is 0.401. The third kappa shape index (κ3) is 2.02. The number of aryl methyl sites for hydroxylation is 1. The molecule has 21 heavy (non-hydrogen) atoms. The van der Waals surface area contributed by atoms with Gasteiger partial charge in [0.15, 0.2) is 16.6 Å². The molecule has 0 spiro atoms. The molecule has 0 bridgehead atoms. The molecular formula is C14H11N5OS. The maximum atomic E-state index is 5.81. The highest BCUT2D eigenvalue weighted by Crippen LogP contribution is 2.33. The van der Waals surface area contributed by atoms with Gasteiger partial charge in [-0.25, -0.2) is 15.0 Å². The molecule has 0 fully saturated rings. The molecule has 3 heterocycles. The second kappa shape index (κ2) is 4.49. The van der Waals surface area contributed by atoms with Crippen molar-refractivity contribution in [3.63, 3.8) is 0 Å². The normalized spacial score (nSPS) is 11.5. The lowest BCUT2D eigenvalue weighted by molar-refractivity contribution is 0.615. The van der Waals surface area contributed by atoms with Crippen molar-refractivity contribution in [1.29, 1.82) is 0 Å². The number of anilines is 1. The first-order valence-electron chi connectivity index (χ1n) is 6.32. The SMILES string of the molecule is Cc1cc2ccoc2cc1Sc1nc2ncnc(N)c2[nH]1. The number of rotatable bonds is 2. The molecule has 7 heteroatoms. The number of aromatic nitrogens is 4. The van der Waals surface area contributed by atoms with E-state index in [0.29, 0.717) is 17.0 Å². The predicted octanol–water partition coefficient (Wildman–Crippen LogP) is 3.14. The minimum Gasteiger partial charge on any atom is -0.464 e. The first-order chi connectivity index (χ1) is 10.2. The quantitative estimate of drug-likeness (QED) is 0.590. The smallest absolute Gasteiger partial charge is 0.183 e. The fourth-order valence-electron chi connectivity index (χ4n) is 2.19. The van der Waals surface area contributed by atoms with Crippen molar-refractivity contribution >= 4 is 39.7 Å².